The number of hydrogen-bond acceptors (Lipinski definition) is 1. The maximum atomic E-state index is 13.8. The Kier molecular flexibility index (Phi) is 3.82. The molecule has 1 amide bonds. The molecule has 0 aliphatic carbocycles. The highest BCUT2D eigenvalue weighted by atomic mass is 79.9. The van der Waals surface area contributed by atoms with E-state index >= 15 is 0 Å². The lowest BCUT2D eigenvalue weighted by molar-refractivity contribution is -0.117. The normalized spacial score (nSPS) is 20.1. The summed E-state index contributed by atoms with van der Waals surface area (Å²) < 4.78 is 26.7. The molecular weight excluding hydrogens is 360 g/mol. The van der Waals surface area contributed by atoms with Crippen molar-refractivity contribution < 1.29 is 13.6 Å². The van der Waals surface area contributed by atoms with Crippen LogP contribution in [0.15, 0.2) is 16.6 Å². The van der Waals surface area contributed by atoms with Crippen LogP contribution in [0.25, 0.3) is 0 Å². The minimum atomic E-state index is -0.728. The van der Waals surface area contributed by atoms with Gasteiger partial charge in [-0.15, -0.1) is 0 Å². The number of alkyl halides is 1. The lowest BCUT2D eigenvalue weighted by Crippen LogP contribution is -2.25. The summed E-state index contributed by atoms with van der Waals surface area (Å²) in [7, 11) is 0. The summed E-state index contributed by atoms with van der Waals surface area (Å²) in [6.45, 7) is 0.457. The number of anilines is 1. The van der Waals surface area contributed by atoms with E-state index in [0.29, 0.717) is 18.3 Å². The number of rotatable bonds is 2. The van der Waals surface area contributed by atoms with Gasteiger partial charge in [0, 0.05) is 18.3 Å². The van der Waals surface area contributed by atoms with Crippen LogP contribution in [0.4, 0.5) is 14.5 Å². The van der Waals surface area contributed by atoms with Gasteiger partial charge < -0.3 is 4.90 Å². The van der Waals surface area contributed by atoms with E-state index < -0.39 is 11.6 Å². The van der Waals surface area contributed by atoms with E-state index in [1.807, 2.05) is 0 Å². The summed E-state index contributed by atoms with van der Waals surface area (Å²) >= 11 is 6.14. The molecule has 1 unspecified atom stereocenters. The highest BCUT2D eigenvalue weighted by molar-refractivity contribution is 9.10. The van der Waals surface area contributed by atoms with E-state index in [-0.39, 0.29) is 22.0 Å². The maximum Gasteiger partial charge on any atom is 0.227 e. The van der Waals surface area contributed by atoms with Crippen molar-refractivity contribution in [3.63, 3.8) is 0 Å². The van der Waals surface area contributed by atoms with Gasteiger partial charge in [0.15, 0.2) is 5.82 Å². The smallest absolute Gasteiger partial charge is 0.227 e. The van der Waals surface area contributed by atoms with Crippen molar-refractivity contribution in [2.45, 2.75) is 6.42 Å². The molecule has 1 fully saturated rings. The van der Waals surface area contributed by atoms with Crippen molar-refractivity contribution in [2.24, 2.45) is 5.92 Å². The van der Waals surface area contributed by atoms with Crippen LogP contribution >= 0.6 is 31.9 Å². The predicted octanol–water partition coefficient (Wildman–Crippen LogP) is 3.48. The van der Waals surface area contributed by atoms with Crippen LogP contribution in [-0.2, 0) is 4.79 Å². The molecular formula is C11H9Br2F2NO. The monoisotopic (exact) mass is 367 g/mol. The average Bonchev–Trinajstić information content (AvgIpc) is 2.68. The van der Waals surface area contributed by atoms with Gasteiger partial charge >= 0.3 is 0 Å². The van der Waals surface area contributed by atoms with E-state index in [0.717, 1.165) is 6.07 Å². The van der Waals surface area contributed by atoms with Gasteiger partial charge in [-0.1, -0.05) is 15.9 Å². The molecule has 2 rings (SSSR count). The fraction of sp³-hybridized carbons (Fsp3) is 0.364. The molecule has 1 aliphatic heterocycles. The lowest BCUT2D eigenvalue weighted by Gasteiger charge is -2.17. The summed E-state index contributed by atoms with van der Waals surface area (Å²) in [6, 6.07) is 2.45. The van der Waals surface area contributed by atoms with Crippen molar-refractivity contribution >= 4 is 43.5 Å². The maximum absolute atomic E-state index is 13.8. The molecule has 0 radical (unpaired) electrons. The predicted molar refractivity (Wildman–Crippen MR) is 68.3 cm³/mol. The fourth-order valence-electron chi connectivity index (χ4n) is 1.84. The minimum absolute atomic E-state index is 0.131. The van der Waals surface area contributed by atoms with Crippen molar-refractivity contribution in [2.75, 3.05) is 16.8 Å². The van der Waals surface area contributed by atoms with Crippen LogP contribution in [0.5, 0.6) is 0 Å². The zero-order chi connectivity index (χ0) is 12.6. The van der Waals surface area contributed by atoms with Crippen LogP contribution < -0.4 is 4.90 Å². The van der Waals surface area contributed by atoms with Crippen LogP contribution in [0, 0.1) is 17.6 Å². The Morgan fingerprint density at radius 1 is 1.41 bits per heavy atom. The summed E-state index contributed by atoms with van der Waals surface area (Å²) in [5, 5.41) is 0.694. The number of benzene rings is 1. The molecule has 0 spiro atoms. The van der Waals surface area contributed by atoms with Crippen LogP contribution in [0.3, 0.4) is 0 Å². The molecule has 1 atom stereocenters. The average molecular weight is 369 g/mol. The van der Waals surface area contributed by atoms with Gasteiger partial charge in [-0.05, 0) is 34.0 Å². The Morgan fingerprint density at radius 2 is 2.12 bits per heavy atom. The third-order valence-corrected chi connectivity index (χ3v) is 4.37. The second-order valence-electron chi connectivity index (χ2n) is 3.92. The molecule has 1 aromatic carbocycles. The first-order valence-electron chi connectivity index (χ1n) is 5.04. The Bertz CT molecular complexity index is 467. The Hall–Kier alpha value is -0.490. The van der Waals surface area contributed by atoms with Crippen molar-refractivity contribution in [3.05, 3.63) is 28.2 Å². The summed E-state index contributed by atoms with van der Waals surface area (Å²) in [5.41, 5.74) is 0.131. The second-order valence-corrected chi connectivity index (χ2v) is 5.36. The number of hydrogen-bond donors (Lipinski definition) is 0. The van der Waals surface area contributed by atoms with Gasteiger partial charge in [0.1, 0.15) is 5.82 Å². The Labute approximate surface area is 114 Å². The largest absolute Gasteiger partial charge is 0.309 e. The van der Waals surface area contributed by atoms with Gasteiger partial charge in [-0.3, -0.25) is 4.79 Å². The standard InChI is InChI=1S/C11H9Br2F2NO/c12-4-6-3-9(17)16(5-6)8-2-1-7(14)10(13)11(8)15/h1-2,6H,3-5H2. The van der Waals surface area contributed by atoms with E-state index in [1.165, 1.54) is 11.0 Å². The quantitative estimate of drug-likeness (QED) is 0.578. The molecule has 1 saturated heterocycles. The molecule has 17 heavy (non-hydrogen) atoms. The van der Waals surface area contributed by atoms with Crippen molar-refractivity contribution in [1.29, 1.82) is 0 Å². The third kappa shape index (κ3) is 2.38. The molecule has 0 bridgehead atoms. The molecule has 2 nitrogen and oxygen atoms in total. The van der Waals surface area contributed by atoms with E-state index in [4.69, 9.17) is 0 Å². The summed E-state index contributed by atoms with van der Waals surface area (Å²) in [4.78, 5) is 13.1. The molecule has 1 heterocycles. The molecule has 0 N–H and O–H groups in total. The number of halogens is 4. The van der Waals surface area contributed by atoms with Crippen LogP contribution in [0.1, 0.15) is 6.42 Å². The zero-order valence-electron chi connectivity index (χ0n) is 8.72. The molecule has 0 saturated carbocycles. The molecule has 1 aromatic rings. The van der Waals surface area contributed by atoms with Crippen LogP contribution in [-0.4, -0.2) is 17.8 Å². The Morgan fingerprint density at radius 3 is 2.71 bits per heavy atom. The minimum Gasteiger partial charge on any atom is -0.309 e. The zero-order valence-corrected chi connectivity index (χ0v) is 11.9. The second kappa shape index (κ2) is 5.02. The van der Waals surface area contributed by atoms with E-state index in [2.05, 4.69) is 31.9 Å². The molecule has 6 heteroatoms. The van der Waals surface area contributed by atoms with E-state index in [1.54, 1.807) is 0 Å². The highest BCUT2D eigenvalue weighted by Gasteiger charge is 2.32. The van der Waals surface area contributed by atoms with Crippen molar-refractivity contribution in [3.8, 4) is 0 Å². The summed E-state index contributed by atoms with van der Waals surface area (Å²) in [6.07, 6.45) is 0.389. The van der Waals surface area contributed by atoms with Gasteiger partial charge in [0.2, 0.25) is 5.91 Å². The topological polar surface area (TPSA) is 20.3 Å². The molecule has 92 valence electrons. The molecule has 1 aliphatic rings. The van der Waals surface area contributed by atoms with Gasteiger partial charge in [0.25, 0.3) is 0 Å². The SMILES string of the molecule is O=C1CC(CBr)CN1c1ccc(F)c(Br)c1F. The van der Waals surface area contributed by atoms with Gasteiger partial charge in [0.05, 0.1) is 10.2 Å². The third-order valence-electron chi connectivity index (χ3n) is 2.73. The Balaban J connectivity index is 2.35. The summed E-state index contributed by atoms with van der Waals surface area (Å²) in [5.74, 6) is -1.36. The molecule has 0 aromatic heterocycles. The van der Waals surface area contributed by atoms with Crippen molar-refractivity contribution in [1.82, 2.24) is 0 Å². The number of carbonyl (C=O) groups excluding carboxylic acids is 1. The van der Waals surface area contributed by atoms with Gasteiger partial charge in [-0.25, -0.2) is 8.78 Å². The number of carbonyl (C=O) groups is 1. The fourth-order valence-corrected chi connectivity index (χ4v) is 2.61. The number of nitrogens with zero attached hydrogens (tertiary/aromatic N) is 1. The van der Waals surface area contributed by atoms with E-state index in [9.17, 15) is 13.6 Å². The first kappa shape index (κ1) is 13.0. The van der Waals surface area contributed by atoms with Crippen LogP contribution in [0.2, 0.25) is 0 Å². The van der Waals surface area contributed by atoms with Gasteiger partial charge in [-0.2, -0.15) is 0 Å². The first-order chi connectivity index (χ1) is 8.04. The lowest BCUT2D eigenvalue weighted by atomic mass is 10.2. The highest BCUT2D eigenvalue weighted by Crippen LogP contribution is 2.32. The first-order valence-corrected chi connectivity index (χ1v) is 6.96. The number of amides is 1.